The van der Waals surface area contributed by atoms with Gasteiger partial charge in [0.15, 0.2) is 11.5 Å². The first-order valence-corrected chi connectivity index (χ1v) is 9.43. The third-order valence-corrected chi connectivity index (χ3v) is 6.05. The van der Waals surface area contributed by atoms with Crippen LogP contribution in [0.4, 0.5) is 0 Å². The first-order valence-electron chi connectivity index (χ1n) is 8.62. The summed E-state index contributed by atoms with van der Waals surface area (Å²) in [5.74, 6) is 0.530. The van der Waals surface area contributed by atoms with Crippen LogP contribution in [0.5, 0.6) is 0 Å². The SMILES string of the molecule is C=C(C)Cn1c(=O)n2nc(-c3cccnc3)nc2c2c3c(sc21)CCC3. The van der Waals surface area contributed by atoms with Crippen molar-refractivity contribution in [1.29, 1.82) is 0 Å². The highest BCUT2D eigenvalue weighted by molar-refractivity contribution is 7.19. The zero-order valence-electron chi connectivity index (χ0n) is 14.4. The molecule has 4 heterocycles. The molecule has 6 nitrogen and oxygen atoms in total. The highest BCUT2D eigenvalue weighted by atomic mass is 32.1. The summed E-state index contributed by atoms with van der Waals surface area (Å²) in [4.78, 5) is 24.3. The number of hydrogen-bond donors (Lipinski definition) is 0. The van der Waals surface area contributed by atoms with E-state index in [0.29, 0.717) is 18.0 Å². The number of pyridine rings is 1. The van der Waals surface area contributed by atoms with Crippen LogP contribution < -0.4 is 5.69 Å². The van der Waals surface area contributed by atoms with Crippen LogP contribution in [-0.4, -0.2) is 24.1 Å². The molecule has 0 saturated carbocycles. The number of rotatable bonds is 3. The van der Waals surface area contributed by atoms with Crippen molar-refractivity contribution in [1.82, 2.24) is 24.1 Å². The van der Waals surface area contributed by atoms with Gasteiger partial charge < -0.3 is 0 Å². The maximum atomic E-state index is 13.1. The Morgan fingerprint density at radius 2 is 2.27 bits per heavy atom. The molecule has 1 aliphatic rings. The molecule has 0 aliphatic heterocycles. The van der Waals surface area contributed by atoms with Crippen LogP contribution in [0.2, 0.25) is 0 Å². The molecule has 0 N–H and O–H groups in total. The van der Waals surface area contributed by atoms with Crippen LogP contribution in [-0.2, 0) is 19.4 Å². The topological polar surface area (TPSA) is 65.1 Å². The van der Waals surface area contributed by atoms with E-state index < -0.39 is 0 Å². The largest absolute Gasteiger partial charge is 0.352 e. The predicted molar refractivity (Wildman–Crippen MR) is 103 cm³/mol. The van der Waals surface area contributed by atoms with E-state index in [9.17, 15) is 4.79 Å². The van der Waals surface area contributed by atoms with E-state index in [-0.39, 0.29) is 5.69 Å². The zero-order chi connectivity index (χ0) is 17.8. The van der Waals surface area contributed by atoms with Crippen molar-refractivity contribution in [2.75, 3.05) is 0 Å². The van der Waals surface area contributed by atoms with Crippen molar-refractivity contribution in [3.63, 3.8) is 0 Å². The minimum atomic E-state index is -0.168. The molecule has 5 rings (SSSR count). The summed E-state index contributed by atoms with van der Waals surface area (Å²) in [6.45, 7) is 6.42. The second-order valence-electron chi connectivity index (χ2n) is 6.78. The van der Waals surface area contributed by atoms with Gasteiger partial charge in [-0.1, -0.05) is 12.2 Å². The molecule has 1 aliphatic carbocycles. The zero-order valence-corrected chi connectivity index (χ0v) is 15.2. The Labute approximate surface area is 153 Å². The van der Waals surface area contributed by atoms with E-state index >= 15 is 0 Å². The fourth-order valence-electron chi connectivity index (χ4n) is 3.65. The lowest BCUT2D eigenvalue weighted by Crippen LogP contribution is -2.27. The van der Waals surface area contributed by atoms with E-state index in [1.165, 1.54) is 15.0 Å². The molecule has 0 saturated heterocycles. The highest BCUT2D eigenvalue weighted by Gasteiger charge is 2.25. The van der Waals surface area contributed by atoms with Gasteiger partial charge in [0.1, 0.15) is 4.83 Å². The van der Waals surface area contributed by atoms with Gasteiger partial charge in [-0.3, -0.25) is 9.55 Å². The first-order chi connectivity index (χ1) is 12.6. The molecular weight excluding hydrogens is 346 g/mol. The van der Waals surface area contributed by atoms with Crippen LogP contribution in [0.15, 0.2) is 41.5 Å². The van der Waals surface area contributed by atoms with Gasteiger partial charge in [0, 0.05) is 29.4 Å². The minimum Gasteiger partial charge on any atom is -0.279 e. The fourth-order valence-corrected chi connectivity index (χ4v) is 5.02. The molecule has 0 radical (unpaired) electrons. The average Bonchev–Trinajstić information content (AvgIpc) is 3.32. The fraction of sp³-hybridized carbons (Fsp3) is 0.263. The Balaban J connectivity index is 1.90. The molecule has 0 aromatic carbocycles. The number of fused-ring (bicyclic) bond motifs is 5. The summed E-state index contributed by atoms with van der Waals surface area (Å²) >= 11 is 1.72. The van der Waals surface area contributed by atoms with Gasteiger partial charge in [-0.2, -0.15) is 4.52 Å². The second kappa shape index (κ2) is 5.60. The third-order valence-electron chi connectivity index (χ3n) is 4.74. The lowest BCUT2D eigenvalue weighted by atomic mass is 10.2. The molecule has 4 aromatic heterocycles. The lowest BCUT2D eigenvalue weighted by molar-refractivity contribution is 0.713. The smallest absolute Gasteiger partial charge is 0.279 e. The maximum absolute atomic E-state index is 13.1. The number of allylic oxidation sites excluding steroid dienone is 1. The normalized spacial score (nSPS) is 13.6. The summed E-state index contributed by atoms with van der Waals surface area (Å²) in [6.07, 6.45) is 6.70. The lowest BCUT2D eigenvalue weighted by Gasteiger charge is -2.08. The Hall–Kier alpha value is -2.80. The Bertz CT molecular complexity index is 1230. The molecule has 0 amide bonds. The van der Waals surface area contributed by atoms with Gasteiger partial charge in [0.2, 0.25) is 0 Å². The summed E-state index contributed by atoms with van der Waals surface area (Å²) < 4.78 is 3.23. The van der Waals surface area contributed by atoms with Gasteiger partial charge in [-0.25, -0.2) is 9.78 Å². The van der Waals surface area contributed by atoms with Gasteiger partial charge in [0.25, 0.3) is 0 Å². The molecule has 0 fully saturated rings. The van der Waals surface area contributed by atoms with Crippen LogP contribution in [0.3, 0.4) is 0 Å². The standard InChI is InChI=1S/C19H17N5OS/c1-11(2)10-23-18-15(13-6-3-7-14(13)26-18)17-21-16(22-24(17)19(23)25)12-5-4-8-20-9-12/h4-5,8-9H,1,3,6-7,10H2,2H3. The first kappa shape index (κ1) is 15.5. The minimum absolute atomic E-state index is 0.168. The maximum Gasteiger partial charge on any atom is 0.352 e. The van der Waals surface area contributed by atoms with Crippen molar-refractivity contribution in [2.24, 2.45) is 0 Å². The number of aryl methyl sites for hydroxylation is 2. The third kappa shape index (κ3) is 2.17. The van der Waals surface area contributed by atoms with Gasteiger partial charge in [-0.05, 0) is 43.9 Å². The summed E-state index contributed by atoms with van der Waals surface area (Å²) in [6, 6.07) is 3.75. The molecule has 0 bridgehead atoms. The number of thiophene rings is 1. The molecular formula is C19H17N5OS. The molecule has 4 aromatic rings. The Morgan fingerprint density at radius 3 is 3.04 bits per heavy atom. The molecule has 0 unspecified atom stereocenters. The second-order valence-corrected chi connectivity index (χ2v) is 7.86. The van der Waals surface area contributed by atoms with Crippen molar-refractivity contribution in [2.45, 2.75) is 32.7 Å². The van der Waals surface area contributed by atoms with Gasteiger partial charge >= 0.3 is 5.69 Å². The van der Waals surface area contributed by atoms with Gasteiger partial charge in [-0.15, -0.1) is 16.4 Å². The van der Waals surface area contributed by atoms with Crippen LogP contribution in [0.25, 0.3) is 27.3 Å². The summed E-state index contributed by atoms with van der Waals surface area (Å²) in [5.41, 5.74) is 3.56. The highest BCUT2D eigenvalue weighted by Crippen LogP contribution is 2.38. The van der Waals surface area contributed by atoms with Crippen LogP contribution in [0.1, 0.15) is 23.8 Å². The summed E-state index contributed by atoms with van der Waals surface area (Å²) in [5, 5.41) is 5.59. The van der Waals surface area contributed by atoms with Gasteiger partial charge in [0.05, 0.1) is 5.39 Å². The van der Waals surface area contributed by atoms with E-state index in [4.69, 9.17) is 4.98 Å². The van der Waals surface area contributed by atoms with Crippen molar-refractivity contribution < 1.29 is 0 Å². The number of nitrogens with zero attached hydrogens (tertiary/aromatic N) is 5. The van der Waals surface area contributed by atoms with Crippen LogP contribution >= 0.6 is 11.3 Å². The van der Waals surface area contributed by atoms with E-state index in [0.717, 1.165) is 40.6 Å². The predicted octanol–water partition coefficient (Wildman–Crippen LogP) is 3.23. The number of hydrogen-bond acceptors (Lipinski definition) is 5. The molecule has 0 spiro atoms. The molecule has 0 atom stereocenters. The van der Waals surface area contributed by atoms with Crippen molar-refractivity contribution in [3.05, 3.63) is 57.6 Å². The van der Waals surface area contributed by atoms with E-state index in [2.05, 4.69) is 16.7 Å². The van der Waals surface area contributed by atoms with Crippen LogP contribution in [0, 0.1) is 0 Å². The van der Waals surface area contributed by atoms with Crippen molar-refractivity contribution in [3.8, 4) is 11.4 Å². The molecule has 130 valence electrons. The monoisotopic (exact) mass is 363 g/mol. The Morgan fingerprint density at radius 1 is 1.38 bits per heavy atom. The van der Waals surface area contributed by atoms with E-state index in [1.807, 2.05) is 19.1 Å². The average molecular weight is 363 g/mol. The van der Waals surface area contributed by atoms with E-state index in [1.54, 1.807) is 28.3 Å². The summed E-state index contributed by atoms with van der Waals surface area (Å²) in [7, 11) is 0. The molecule has 7 heteroatoms. The Kier molecular flexibility index (Phi) is 3.33. The molecule has 26 heavy (non-hydrogen) atoms. The van der Waals surface area contributed by atoms with Crippen molar-refractivity contribution >= 4 is 27.2 Å². The quantitative estimate of drug-likeness (QED) is 0.524. The number of aromatic nitrogens is 5.